The average molecular weight is 394 g/mol. The van der Waals surface area contributed by atoms with Gasteiger partial charge in [-0.05, 0) is 43.3 Å². The van der Waals surface area contributed by atoms with Crippen LogP contribution in [0.15, 0.2) is 66.9 Å². The number of hydrogen-bond acceptors (Lipinski definition) is 4. The molecule has 6 nitrogen and oxygen atoms in total. The van der Waals surface area contributed by atoms with Crippen molar-refractivity contribution < 1.29 is 4.79 Å². The minimum Gasteiger partial charge on any atom is -0.345 e. The van der Waals surface area contributed by atoms with Gasteiger partial charge in [0.1, 0.15) is 5.69 Å². The van der Waals surface area contributed by atoms with E-state index in [1.54, 1.807) is 6.20 Å². The van der Waals surface area contributed by atoms with E-state index in [1.807, 2.05) is 67.5 Å². The normalized spacial score (nSPS) is 11.8. The largest absolute Gasteiger partial charge is 0.345 e. The number of thiocarbonyl (C=S) groups is 1. The molecular weight excluding hydrogens is 370 g/mol. The Kier molecular flexibility index (Phi) is 6.52. The predicted molar refractivity (Wildman–Crippen MR) is 116 cm³/mol. The molecule has 28 heavy (non-hydrogen) atoms. The lowest BCUT2D eigenvalue weighted by Gasteiger charge is -2.27. The lowest BCUT2D eigenvalue weighted by atomic mass is 10.1. The number of rotatable bonds is 5. The molecule has 1 atom stereocenters. The Morgan fingerprint density at radius 1 is 1.04 bits per heavy atom. The molecule has 0 fully saturated rings. The van der Waals surface area contributed by atoms with Crippen LogP contribution in [0.2, 0.25) is 0 Å². The van der Waals surface area contributed by atoms with E-state index >= 15 is 0 Å². The molecule has 0 saturated carbocycles. The van der Waals surface area contributed by atoms with Crippen LogP contribution in [0.1, 0.15) is 16.1 Å². The van der Waals surface area contributed by atoms with Crippen molar-refractivity contribution in [1.82, 2.24) is 26.1 Å². The molecule has 3 N–H and O–H groups in total. The van der Waals surface area contributed by atoms with Crippen LogP contribution in [-0.2, 0) is 6.42 Å². The van der Waals surface area contributed by atoms with Gasteiger partial charge in [-0.3, -0.25) is 25.5 Å². The van der Waals surface area contributed by atoms with Crippen molar-refractivity contribution in [2.75, 3.05) is 14.1 Å². The Morgan fingerprint density at radius 2 is 1.75 bits per heavy atom. The molecule has 7 heteroatoms. The highest BCUT2D eigenvalue weighted by Crippen LogP contribution is 2.15. The van der Waals surface area contributed by atoms with E-state index in [2.05, 4.69) is 33.3 Å². The Hall–Kier alpha value is -3.03. The van der Waals surface area contributed by atoms with Crippen molar-refractivity contribution >= 4 is 34.0 Å². The molecule has 2 aromatic carbocycles. The first kappa shape index (κ1) is 19.7. The quantitative estimate of drug-likeness (QED) is 0.352. The number of nitrogens with zero attached hydrogens (tertiary/aromatic N) is 2. The van der Waals surface area contributed by atoms with E-state index < -0.39 is 0 Å². The highest BCUT2D eigenvalue weighted by Gasteiger charge is 2.15. The molecule has 0 aliphatic carbocycles. The van der Waals surface area contributed by atoms with Gasteiger partial charge in [-0.1, -0.05) is 54.6 Å². The van der Waals surface area contributed by atoms with Crippen LogP contribution < -0.4 is 16.2 Å². The summed E-state index contributed by atoms with van der Waals surface area (Å²) in [6, 6.07) is 19.6. The summed E-state index contributed by atoms with van der Waals surface area (Å²) in [5, 5.41) is 5.30. The fourth-order valence-corrected chi connectivity index (χ4v) is 3.05. The molecule has 0 aliphatic heterocycles. The van der Waals surface area contributed by atoms with E-state index in [-0.39, 0.29) is 12.1 Å². The minimum atomic E-state index is -0.342. The first-order valence-electron chi connectivity index (χ1n) is 8.95. The first-order chi connectivity index (χ1) is 13.5. The van der Waals surface area contributed by atoms with Gasteiger partial charge in [0.15, 0.2) is 5.11 Å². The van der Waals surface area contributed by atoms with E-state index in [0.29, 0.717) is 10.8 Å². The smallest absolute Gasteiger partial charge is 0.288 e. The van der Waals surface area contributed by atoms with Gasteiger partial charge >= 0.3 is 0 Å². The number of carbonyl (C=O) groups is 1. The molecular formula is C21H23N5OS. The van der Waals surface area contributed by atoms with Gasteiger partial charge in [0.05, 0.1) is 6.17 Å². The summed E-state index contributed by atoms with van der Waals surface area (Å²) in [5.41, 5.74) is 6.94. The Bertz CT molecular complexity index is 956. The molecule has 1 amide bonds. The summed E-state index contributed by atoms with van der Waals surface area (Å²) in [5.74, 6) is -0.342. The molecule has 1 unspecified atom stereocenters. The number of amides is 1. The zero-order chi connectivity index (χ0) is 19.9. The molecule has 0 aliphatic rings. The predicted octanol–water partition coefficient (Wildman–Crippen LogP) is 2.47. The van der Waals surface area contributed by atoms with Crippen LogP contribution in [0.3, 0.4) is 0 Å². The Morgan fingerprint density at radius 3 is 2.50 bits per heavy atom. The van der Waals surface area contributed by atoms with Crippen LogP contribution in [0.25, 0.3) is 10.8 Å². The Labute approximate surface area is 169 Å². The Balaban J connectivity index is 1.60. The summed E-state index contributed by atoms with van der Waals surface area (Å²) < 4.78 is 0. The average Bonchev–Trinajstić information content (AvgIpc) is 2.71. The maximum Gasteiger partial charge on any atom is 0.288 e. The lowest BCUT2D eigenvalue weighted by Crippen LogP contribution is -2.54. The van der Waals surface area contributed by atoms with Gasteiger partial charge in [0, 0.05) is 18.0 Å². The molecule has 144 valence electrons. The maximum absolute atomic E-state index is 12.5. The van der Waals surface area contributed by atoms with Crippen LogP contribution in [0.5, 0.6) is 0 Å². The molecule has 0 spiro atoms. The van der Waals surface area contributed by atoms with Crippen LogP contribution in [0, 0.1) is 0 Å². The molecule has 3 aromatic rings. The second-order valence-electron chi connectivity index (χ2n) is 6.60. The summed E-state index contributed by atoms with van der Waals surface area (Å²) >= 11 is 5.35. The number of likely N-dealkylation sites (N-methyl/N-ethyl adjacent to an activating group) is 1. The highest BCUT2D eigenvalue weighted by molar-refractivity contribution is 7.80. The molecule has 1 aromatic heterocycles. The topological polar surface area (TPSA) is 69.3 Å². The molecule has 3 rings (SSSR count). The van der Waals surface area contributed by atoms with Gasteiger partial charge < -0.3 is 5.32 Å². The number of nitrogens with one attached hydrogen (secondary N) is 3. The van der Waals surface area contributed by atoms with E-state index in [4.69, 9.17) is 12.2 Å². The van der Waals surface area contributed by atoms with Crippen molar-refractivity contribution in [1.29, 1.82) is 0 Å². The zero-order valence-electron chi connectivity index (χ0n) is 15.8. The van der Waals surface area contributed by atoms with Crippen molar-refractivity contribution in [2.24, 2.45) is 0 Å². The van der Waals surface area contributed by atoms with Crippen molar-refractivity contribution in [3.63, 3.8) is 0 Å². The summed E-state index contributed by atoms with van der Waals surface area (Å²) in [6.45, 7) is 0. The second-order valence-corrected chi connectivity index (χ2v) is 7.01. The highest BCUT2D eigenvalue weighted by atomic mass is 32.1. The molecule has 0 radical (unpaired) electrons. The van der Waals surface area contributed by atoms with Crippen molar-refractivity contribution in [2.45, 2.75) is 12.6 Å². The van der Waals surface area contributed by atoms with E-state index in [1.165, 1.54) is 5.56 Å². The van der Waals surface area contributed by atoms with Gasteiger partial charge in [-0.25, -0.2) is 0 Å². The van der Waals surface area contributed by atoms with Gasteiger partial charge in [0.25, 0.3) is 5.91 Å². The third-order valence-corrected chi connectivity index (χ3v) is 4.59. The monoisotopic (exact) mass is 393 g/mol. The number of hydrazine groups is 1. The molecule has 0 saturated heterocycles. The SMILES string of the molecule is CN(C)C(Cc1ccccc1)NC(=S)NNC(=O)c1nccc2ccccc12. The van der Waals surface area contributed by atoms with E-state index in [0.717, 1.165) is 17.2 Å². The van der Waals surface area contributed by atoms with Gasteiger partial charge in [-0.15, -0.1) is 0 Å². The fourth-order valence-electron chi connectivity index (χ4n) is 2.86. The standard InChI is InChI=1S/C21H23N5OS/c1-26(2)18(14-15-8-4-3-5-9-15)23-21(28)25-24-20(27)19-17-11-7-6-10-16(17)12-13-22-19/h3-13,18H,14H2,1-2H3,(H,24,27)(H2,23,25,28). The van der Waals surface area contributed by atoms with Crippen molar-refractivity contribution in [3.05, 3.63) is 78.1 Å². The van der Waals surface area contributed by atoms with Crippen LogP contribution >= 0.6 is 12.2 Å². The summed E-state index contributed by atoms with van der Waals surface area (Å²) in [7, 11) is 3.95. The molecule has 0 bridgehead atoms. The van der Waals surface area contributed by atoms with Crippen LogP contribution in [0.4, 0.5) is 0 Å². The zero-order valence-corrected chi connectivity index (χ0v) is 16.7. The van der Waals surface area contributed by atoms with Gasteiger partial charge in [-0.2, -0.15) is 0 Å². The third kappa shape index (κ3) is 5.03. The lowest BCUT2D eigenvalue weighted by molar-refractivity contribution is 0.0940. The summed E-state index contributed by atoms with van der Waals surface area (Å²) in [4.78, 5) is 18.8. The number of carbonyl (C=O) groups excluding carboxylic acids is 1. The number of fused-ring (bicyclic) bond motifs is 1. The van der Waals surface area contributed by atoms with Crippen LogP contribution in [-0.4, -0.2) is 41.2 Å². The first-order valence-corrected chi connectivity index (χ1v) is 9.36. The molecule has 1 heterocycles. The van der Waals surface area contributed by atoms with Gasteiger partial charge in [0.2, 0.25) is 0 Å². The number of benzene rings is 2. The number of aromatic nitrogens is 1. The third-order valence-electron chi connectivity index (χ3n) is 4.37. The van der Waals surface area contributed by atoms with Crippen molar-refractivity contribution in [3.8, 4) is 0 Å². The maximum atomic E-state index is 12.5. The second kappa shape index (κ2) is 9.25. The minimum absolute atomic E-state index is 0.0185. The number of hydrogen-bond donors (Lipinski definition) is 3. The fraction of sp³-hybridized carbons (Fsp3) is 0.190. The summed E-state index contributed by atoms with van der Waals surface area (Å²) in [6.07, 6.45) is 2.37. The number of pyridine rings is 1. The van der Waals surface area contributed by atoms with E-state index in [9.17, 15) is 4.79 Å².